The van der Waals surface area contributed by atoms with Crippen LogP contribution in [0.4, 0.5) is 0 Å². The third kappa shape index (κ3) is 1.90. The highest BCUT2D eigenvalue weighted by atomic mass is 16.5. The summed E-state index contributed by atoms with van der Waals surface area (Å²) < 4.78 is 6.98. The second-order valence-corrected chi connectivity index (χ2v) is 1.91. The summed E-state index contributed by atoms with van der Waals surface area (Å²) in [5.41, 5.74) is 0. The van der Waals surface area contributed by atoms with E-state index in [4.69, 9.17) is 4.74 Å². The molecule has 0 amide bonds. The van der Waals surface area contributed by atoms with E-state index in [0.717, 1.165) is 13.2 Å². The van der Waals surface area contributed by atoms with Gasteiger partial charge in [-0.2, -0.15) is 0 Å². The average molecular weight is 125 g/mol. The van der Waals surface area contributed by atoms with Gasteiger partial charge in [-0.05, 0) is 12.1 Å². The first kappa shape index (κ1) is 6.36. The van der Waals surface area contributed by atoms with Crippen LogP contribution in [0.15, 0.2) is 24.5 Å². The summed E-state index contributed by atoms with van der Waals surface area (Å²) in [6.07, 6.45) is 4.05. The van der Waals surface area contributed by atoms with Crippen LogP contribution >= 0.6 is 0 Å². The first-order chi connectivity index (χ1) is 4.43. The highest BCUT2D eigenvalue weighted by molar-refractivity contribution is 4.89. The maximum atomic E-state index is 4.89. The molecule has 0 atom stereocenters. The van der Waals surface area contributed by atoms with E-state index < -0.39 is 0 Å². The maximum absolute atomic E-state index is 4.89. The molecule has 1 rings (SSSR count). The summed E-state index contributed by atoms with van der Waals surface area (Å²) >= 11 is 0. The molecule has 0 N–H and O–H groups in total. The van der Waals surface area contributed by atoms with Gasteiger partial charge in [0.1, 0.15) is 0 Å². The normalized spacial score (nSPS) is 9.89. The van der Waals surface area contributed by atoms with Crippen molar-refractivity contribution in [2.45, 2.75) is 6.54 Å². The van der Waals surface area contributed by atoms with Crippen molar-refractivity contribution in [1.82, 2.24) is 4.57 Å². The summed E-state index contributed by atoms with van der Waals surface area (Å²) in [5, 5.41) is 0. The van der Waals surface area contributed by atoms with E-state index in [0.29, 0.717) is 0 Å². The lowest BCUT2D eigenvalue weighted by molar-refractivity contribution is 0.187. The Morgan fingerprint density at radius 2 is 2.00 bits per heavy atom. The van der Waals surface area contributed by atoms with Crippen LogP contribution < -0.4 is 0 Å². The van der Waals surface area contributed by atoms with E-state index in [2.05, 4.69) is 4.57 Å². The Bertz CT molecular complexity index is 146. The average Bonchev–Trinajstić information content (AvgIpc) is 2.34. The number of hydrogen-bond acceptors (Lipinski definition) is 1. The van der Waals surface area contributed by atoms with Gasteiger partial charge in [0.15, 0.2) is 0 Å². The highest BCUT2D eigenvalue weighted by Crippen LogP contribution is 1.88. The summed E-state index contributed by atoms with van der Waals surface area (Å²) in [7, 11) is 1.71. The molecule has 0 aromatic carbocycles. The molecule has 0 fully saturated rings. The van der Waals surface area contributed by atoms with Gasteiger partial charge in [0.25, 0.3) is 0 Å². The van der Waals surface area contributed by atoms with Crippen LogP contribution in [0, 0.1) is 0 Å². The Labute approximate surface area is 55.1 Å². The molecule has 1 aromatic rings. The Morgan fingerprint density at radius 1 is 1.33 bits per heavy atom. The molecule has 2 nitrogen and oxygen atoms in total. The summed E-state index contributed by atoms with van der Waals surface area (Å²) in [6.45, 7) is 1.73. The zero-order chi connectivity index (χ0) is 6.53. The fourth-order valence-electron chi connectivity index (χ4n) is 0.716. The van der Waals surface area contributed by atoms with Gasteiger partial charge in [0.2, 0.25) is 0 Å². The van der Waals surface area contributed by atoms with Crippen molar-refractivity contribution in [3.8, 4) is 0 Å². The Kier molecular flexibility index (Phi) is 2.33. The molecule has 0 bridgehead atoms. The van der Waals surface area contributed by atoms with Gasteiger partial charge in [-0.3, -0.25) is 0 Å². The number of hydrogen-bond donors (Lipinski definition) is 0. The number of aromatic nitrogens is 1. The third-order valence-corrected chi connectivity index (χ3v) is 1.22. The number of ether oxygens (including phenoxy) is 1. The lowest BCUT2D eigenvalue weighted by atomic mass is 10.7. The minimum atomic E-state index is 0.786. The molecule has 1 heterocycles. The summed E-state index contributed by atoms with van der Waals surface area (Å²) in [6, 6.07) is 4.02. The van der Waals surface area contributed by atoms with Gasteiger partial charge in [0, 0.05) is 26.0 Å². The van der Waals surface area contributed by atoms with E-state index in [1.54, 1.807) is 7.11 Å². The third-order valence-electron chi connectivity index (χ3n) is 1.22. The Balaban J connectivity index is 2.30. The zero-order valence-electron chi connectivity index (χ0n) is 5.58. The topological polar surface area (TPSA) is 14.2 Å². The smallest absolute Gasteiger partial charge is 0.0641 e. The number of rotatable bonds is 3. The van der Waals surface area contributed by atoms with Crippen molar-refractivity contribution in [2.75, 3.05) is 13.7 Å². The number of methoxy groups -OCH3 is 1. The van der Waals surface area contributed by atoms with Crippen molar-refractivity contribution in [1.29, 1.82) is 0 Å². The van der Waals surface area contributed by atoms with Crippen molar-refractivity contribution >= 4 is 0 Å². The lowest BCUT2D eigenvalue weighted by Crippen LogP contribution is -2.00. The fraction of sp³-hybridized carbons (Fsp3) is 0.429. The van der Waals surface area contributed by atoms with Gasteiger partial charge in [-0.25, -0.2) is 0 Å². The molecule has 9 heavy (non-hydrogen) atoms. The van der Waals surface area contributed by atoms with Crippen LogP contribution in [-0.2, 0) is 11.3 Å². The van der Waals surface area contributed by atoms with Crippen LogP contribution in [-0.4, -0.2) is 18.3 Å². The maximum Gasteiger partial charge on any atom is 0.0641 e. The van der Waals surface area contributed by atoms with Crippen LogP contribution in [0.2, 0.25) is 0 Å². The van der Waals surface area contributed by atoms with E-state index in [-0.39, 0.29) is 0 Å². The van der Waals surface area contributed by atoms with E-state index in [1.807, 2.05) is 24.5 Å². The molecule has 0 aliphatic rings. The molecule has 0 aliphatic carbocycles. The molecule has 2 heteroatoms. The molecule has 0 aliphatic heterocycles. The second kappa shape index (κ2) is 3.30. The quantitative estimate of drug-likeness (QED) is 0.590. The molecule has 0 saturated carbocycles. The minimum absolute atomic E-state index is 0.786. The van der Waals surface area contributed by atoms with E-state index in [1.165, 1.54) is 0 Å². The largest absolute Gasteiger partial charge is 0.383 e. The Morgan fingerprint density at radius 3 is 2.56 bits per heavy atom. The summed E-state index contributed by atoms with van der Waals surface area (Å²) in [5.74, 6) is 0. The van der Waals surface area contributed by atoms with Gasteiger partial charge < -0.3 is 9.30 Å². The van der Waals surface area contributed by atoms with Crippen molar-refractivity contribution in [3.05, 3.63) is 24.5 Å². The molecule has 0 spiro atoms. The van der Waals surface area contributed by atoms with Crippen LogP contribution in [0.5, 0.6) is 0 Å². The van der Waals surface area contributed by atoms with Gasteiger partial charge in [-0.15, -0.1) is 0 Å². The van der Waals surface area contributed by atoms with Crippen molar-refractivity contribution in [2.24, 2.45) is 0 Å². The first-order valence-electron chi connectivity index (χ1n) is 3.03. The minimum Gasteiger partial charge on any atom is -0.383 e. The van der Waals surface area contributed by atoms with Crippen molar-refractivity contribution in [3.63, 3.8) is 0 Å². The zero-order valence-corrected chi connectivity index (χ0v) is 5.58. The molecular formula is C7H11NO. The second-order valence-electron chi connectivity index (χ2n) is 1.91. The first-order valence-corrected chi connectivity index (χ1v) is 3.03. The van der Waals surface area contributed by atoms with E-state index in [9.17, 15) is 0 Å². The highest BCUT2D eigenvalue weighted by Gasteiger charge is 1.84. The fourth-order valence-corrected chi connectivity index (χ4v) is 0.716. The molecular weight excluding hydrogens is 114 g/mol. The predicted molar refractivity (Wildman–Crippen MR) is 36.3 cm³/mol. The standard InChI is InChI=1S/C7H11NO/c1-9-7-6-8-4-2-3-5-8/h2-5H,6-7H2,1H3. The van der Waals surface area contributed by atoms with Gasteiger partial charge in [0.05, 0.1) is 6.61 Å². The number of nitrogens with zero attached hydrogens (tertiary/aromatic N) is 1. The van der Waals surface area contributed by atoms with E-state index >= 15 is 0 Å². The van der Waals surface area contributed by atoms with Crippen LogP contribution in [0.3, 0.4) is 0 Å². The van der Waals surface area contributed by atoms with Crippen LogP contribution in [0.1, 0.15) is 0 Å². The predicted octanol–water partition coefficient (Wildman–Crippen LogP) is 1.13. The molecule has 1 aromatic heterocycles. The van der Waals surface area contributed by atoms with Gasteiger partial charge in [-0.1, -0.05) is 0 Å². The van der Waals surface area contributed by atoms with Gasteiger partial charge >= 0.3 is 0 Å². The molecule has 0 saturated heterocycles. The summed E-state index contributed by atoms with van der Waals surface area (Å²) in [4.78, 5) is 0. The SMILES string of the molecule is COCCn1cccc1. The molecule has 50 valence electrons. The monoisotopic (exact) mass is 125 g/mol. The Hall–Kier alpha value is -0.760. The molecule has 0 radical (unpaired) electrons. The lowest BCUT2D eigenvalue weighted by Gasteiger charge is -1.98. The van der Waals surface area contributed by atoms with Crippen LogP contribution in [0.25, 0.3) is 0 Å². The molecule has 0 unspecified atom stereocenters. The van der Waals surface area contributed by atoms with Crippen molar-refractivity contribution < 1.29 is 4.74 Å².